The number of piperidine rings is 2. The van der Waals surface area contributed by atoms with Gasteiger partial charge in [0.2, 0.25) is 5.91 Å². The highest BCUT2D eigenvalue weighted by Gasteiger charge is 2.35. The molecule has 0 aromatic heterocycles. The fourth-order valence-corrected chi connectivity index (χ4v) is 3.12. The molecular formula is C16H26N2O4. The van der Waals surface area contributed by atoms with Gasteiger partial charge < -0.3 is 14.5 Å². The first kappa shape index (κ1) is 16.9. The summed E-state index contributed by atoms with van der Waals surface area (Å²) in [7, 11) is 0. The number of hydrogen-bond acceptors (Lipinski definition) is 5. The summed E-state index contributed by atoms with van der Waals surface area (Å²) in [6.07, 6.45) is 4.53. The Bertz CT molecular complexity index is 418. The molecule has 2 fully saturated rings. The minimum Gasteiger partial charge on any atom is -0.465 e. The molecule has 0 aromatic rings. The molecule has 0 spiro atoms. The molecule has 2 aliphatic heterocycles. The molecule has 1 unspecified atom stereocenters. The van der Waals surface area contributed by atoms with Crippen molar-refractivity contribution in [2.75, 3.05) is 39.3 Å². The summed E-state index contributed by atoms with van der Waals surface area (Å²) in [5.41, 5.74) is 0. The normalized spacial score (nSPS) is 23.4. The lowest BCUT2D eigenvalue weighted by atomic mass is 9.95. The van der Waals surface area contributed by atoms with Gasteiger partial charge >= 0.3 is 5.97 Å². The first-order valence-electron chi connectivity index (χ1n) is 8.31. The van der Waals surface area contributed by atoms with Crippen molar-refractivity contribution in [2.24, 2.45) is 5.92 Å². The van der Waals surface area contributed by atoms with Gasteiger partial charge in [-0.3, -0.25) is 14.4 Å². The molecule has 6 nitrogen and oxygen atoms in total. The Morgan fingerprint density at radius 1 is 1.18 bits per heavy atom. The number of ketones is 1. The molecule has 22 heavy (non-hydrogen) atoms. The van der Waals surface area contributed by atoms with Crippen molar-refractivity contribution in [3.63, 3.8) is 0 Å². The molecule has 1 atom stereocenters. The van der Waals surface area contributed by atoms with E-state index < -0.39 is 11.9 Å². The molecule has 124 valence electrons. The first-order valence-corrected chi connectivity index (χ1v) is 8.31. The molecule has 0 radical (unpaired) electrons. The van der Waals surface area contributed by atoms with E-state index in [1.807, 2.05) is 0 Å². The molecule has 0 bridgehead atoms. The second-order valence-electron chi connectivity index (χ2n) is 6.03. The Balaban J connectivity index is 1.75. The Hall–Kier alpha value is -1.43. The number of carbonyl (C=O) groups excluding carboxylic acids is 3. The lowest BCUT2D eigenvalue weighted by molar-refractivity contribution is -0.156. The molecule has 2 rings (SSSR count). The van der Waals surface area contributed by atoms with E-state index in [9.17, 15) is 14.4 Å². The molecule has 2 aliphatic rings. The van der Waals surface area contributed by atoms with Crippen molar-refractivity contribution in [2.45, 2.75) is 39.0 Å². The van der Waals surface area contributed by atoms with Crippen molar-refractivity contribution >= 4 is 17.7 Å². The summed E-state index contributed by atoms with van der Waals surface area (Å²) in [5, 5.41) is 0. The van der Waals surface area contributed by atoms with Crippen LogP contribution in [0.25, 0.3) is 0 Å². The average molecular weight is 310 g/mol. The molecule has 2 heterocycles. The second-order valence-corrected chi connectivity index (χ2v) is 6.03. The topological polar surface area (TPSA) is 66.9 Å². The molecule has 2 saturated heterocycles. The lowest BCUT2D eigenvalue weighted by Crippen LogP contribution is -2.47. The smallest absolute Gasteiger partial charge is 0.316 e. The van der Waals surface area contributed by atoms with E-state index in [0.717, 1.165) is 19.6 Å². The van der Waals surface area contributed by atoms with Gasteiger partial charge in [0, 0.05) is 19.5 Å². The highest BCUT2D eigenvalue weighted by molar-refractivity contribution is 6.01. The van der Waals surface area contributed by atoms with Gasteiger partial charge in [0.05, 0.1) is 13.2 Å². The maximum atomic E-state index is 12.2. The largest absolute Gasteiger partial charge is 0.465 e. The third kappa shape index (κ3) is 4.53. The van der Waals surface area contributed by atoms with Gasteiger partial charge in [-0.25, -0.2) is 0 Å². The van der Waals surface area contributed by atoms with Crippen LogP contribution in [0.3, 0.4) is 0 Å². The monoisotopic (exact) mass is 310 g/mol. The van der Waals surface area contributed by atoms with Crippen LogP contribution >= 0.6 is 0 Å². The van der Waals surface area contributed by atoms with Crippen LogP contribution in [0, 0.1) is 5.92 Å². The molecule has 0 aromatic carbocycles. The second kappa shape index (κ2) is 8.27. The lowest BCUT2D eigenvalue weighted by Gasteiger charge is -2.31. The maximum Gasteiger partial charge on any atom is 0.316 e. The third-order valence-electron chi connectivity index (χ3n) is 4.44. The quantitative estimate of drug-likeness (QED) is 0.556. The maximum absolute atomic E-state index is 12.2. The molecule has 0 N–H and O–H groups in total. The summed E-state index contributed by atoms with van der Waals surface area (Å²) in [6.45, 7) is 5.41. The van der Waals surface area contributed by atoms with Gasteiger partial charge in [-0.05, 0) is 39.3 Å². The molecule has 6 heteroatoms. The number of amides is 1. The van der Waals surface area contributed by atoms with Crippen LogP contribution < -0.4 is 0 Å². The number of rotatable bonds is 5. The van der Waals surface area contributed by atoms with Crippen molar-refractivity contribution in [1.82, 2.24) is 9.80 Å². The van der Waals surface area contributed by atoms with Gasteiger partial charge in [-0.15, -0.1) is 0 Å². The van der Waals surface area contributed by atoms with E-state index >= 15 is 0 Å². The van der Waals surface area contributed by atoms with E-state index in [1.54, 1.807) is 11.8 Å². The Morgan fingerprint density at radius 2 is 1.91 bits per heavy atom. The number of carbonyl (C=O) groups is 3. The van der Waals surface area contributed by atoms with Crippen LogP contribution in [-0.4, -0.2) is 66.8 Å². The van der Waals surface area contributed by atoms with Gasteiger partial charge in [0.1, 0.15) is 5.92 Å². The predicted octanol–water partition coefficient (Wildman–Crippen LogP) is 0.843. The Labute approximate surface area is 131 Å². The average Bonchev–Trinajstić information content (AvgIpc) is 2.53. The van der Waals surface area contributed by atoms with Gasteiger partial charge in [0.25, 0.3) is 0 Å². The molecule has 0 aliphatic carbocycles. The highest BCUT2D eigenvalue weighted by Crippen LogP contribution is 2.17. The summed E-state index contributed by atoms with van der Waals surface area (Å²) >= 11 is 0. The zero-order valence-corrected chi connectivity index (χ0v) is 13.4. The van der Waals surface area contributed by atoms with Crippen molar-refractivity contribution in [3.05, 3.63) is 0 Å². The number of ether oxygens (including phenoxy) is 1. The SMILES string of the molecule is CCOC(=O)C1CCN(C(=O)CCN2CCCCC2)CC1=O. The summed E-state index contributed by atoms with van der Waals surface area (Å²) < 4.78 is 4.90. The van der Waals surface area contributed by atoms with E-state index in [2.05, 4.69) is 4.90 Å². The molecular weight excluding hydrogens is 284 g/mol. The number of esters is 1. The molecule has 1 amide bonds. The fourth-order valence-electron chi connectivity index (χ4n) is 3.12. The highest BCUT2D eigenvalue weighted by atomic mass is 16.5. The van der Waals surface area contributed by atoms with Crippen molar-refractivity contribution in [3.8, 4) is 0 Å². The van der Waals surface area contributed by atoms with E-state index in [4.69, 9.17) is 4.74 Å². The minimum absolute atomic E-state index is 0.0150. The van der Waals surface area contributed by atoms with Gasteiger partial charge in [-0.1, -0.05) is 6.42 Å². The van der Waals surface area contributed by atoms with Crippen LogP contribution in [0.15, 0.2) is 0 Å². The summed E-state index contributed by atoms with van der Waals surface area (Å²) in [5.74, 6) is -1.32. The van der Waals surface area contributed by atoms with E-state index in [0.29, 0.717) is 19.4 Å². The van der Waals surface area contributed by atoms with Crippen LogP contribution in [0.2, 0.25) is 0 Å². The third-order valence-corrected chi connectivity index (χ3v) is 4.44. The van der Waals surface area contributed by atoms with E-state index in [1.165, 1.54) is 19.3 Å². The summed E-state index contributed by atoms with van der Waals surface area (Å²) in [4.78, 5) is 39.8. The van der Waals surface area contributed by atoms with Gasteiger partial charge in [0.15, 0.2) is 5.78 Å². The number of likely N-dealkylation sites (tertiary alicyclic amines) is 2. The number of nitrogens with zero attached hydrogens (tertiary/aromatic N) is 2. The van der Waals surface area contributed by atoms with Crippen LogP contribution in [-0.2, 0) is 19.1 Å². The fraction of sp³-hybridized carbons (Fsp3) is 0.812. The number of hydrogen-bond donors (Lipinski definition) is 0. The van der Waals surface area contributed by atoms with Crippen LogP contribution in [0.4, 0.5) is 0 Å². The standard InChI is InChI=1S/C16H26N2O4/c1-2-22-16(21)13-6-11-18(12-14(13)19)15(20)7-10-17-8-4-3-5-9-17/h13H,2-12H2,1H3. The summed E-state index contributed by atoms with van der Waals surface area (Å²) in [6, 6.07) is 0. The minimum atomic E-state index is -0.689. The molecule has 0 saturated carbocycles. The number of Topliss-reactive ketones (excluding diaryl/α,β-unsaturated/α-hetero) is 1. The predicted molar refractivity (Wildman–Crippen MR) is 81.2 cm³/mol. The first-order chi connectivity index (χ1) is 10.6. The Morgan fingerprint density at radius 3 is 2.55 bits per heavy atom. The zero-order chi connectivity index (χ0) is 15.9. The van der Waals surface area contributed by atoms with E-state index in [-0.39, 0.29) is 24.8 Å². The Kier molecular flexibility index (Phi) is 6.36. The van der Waals surface area contributed by atoms with Crippen LogP contribution in [0.5, 0.6) is 0 Å². The zero-order valence-electron chi connectivity index (χ0n) is 13.4. The van der Waals surface area contributed by atoms with Gasteiger partial charge in [-0.2, -0.15) is 0 Å². The van der Waals surface area contributed by atoms with Crippen molar-refractivity contribution < 1.29 is 19.1 Å². The van der Waals surface area contributed by atoms with Crippen molar-refractivity contribution in [1.29, 1.82) is 0 Å². The van der Waals surface area contributed by atoms with Crippen LogP contribution in [0.1, 0.15) is 39.0 Å².